The van der Waals surface area contributed by atoms with Crippen LogP contribution in [0.3, 0.4) is 0 Å². The molecule has 0 aliphatic heterocycles. The van der Waals surface area contributed by atoms with E-state index < -0.39 is 0 Å². The summed E-state index contributed by atoms with van der Waals surface area (Å²) < 4.78 is 9.81. The van der Waals surface area contributed by atoms with E-state index in [0.717, 1.165) is 12.8 Å². The largest absolute Gasteiger partial charge is 0.466 e. The van der Waals surface area contributed by atoms with Gasteiger partial charge in [0.2, 0.25) is 0 Å². The lowest BCUT2D eigenvalue weighted by Crippen LogP contribution is -2.39. The minimum absolute atomic E-state index is 0.251. The second kappa shape index (κ2) is 11.9. The number of nitrogens with one attached hydrogen (secondary N) is 1. The van der Waals surface area contributed by atoms with Crippen molar-refractivity contribution >= 4 is 11.9 Å². The SMILES string of the molecule is CCOC(=O)CCNC(CCCCN)C(=O)OCC. The maximum Gasteiger partial charge on any atom is 0.323 e. The maximum absolute atomic E-state index is 11.7. The van der Waals surface area contributed by atoms with Gasteiger partial charge in [0.05, 0.1) is 19.6 Å². The summed E-state index contributed by atoms with van der Waals surface area (Å²) in [6.07, 6.45) is 2.64. The van der Waals surface area contributed by atoms with Gasteiger partial charge in [0.15, 0.2) is 0 Å². The molecule has 1 unspecified atom stereocenters. The summed E-state index contributed by atoms with van der Waals surface area (Å²) in [5, 5.41) is 3.04. The van der Waals surface area contributed by atoms with E-state index in [1.54, 1.807) is 13.8 Å². The molecule has 0 aliphatic rings. The second-order valence-electron chi connectivity index (χ2n) is 4.10. The molecular formula is C13H26N2O4. The van der Waals surface area contributed by atoms with Crippen molar-refractivity contribution in [2.24, 2.45) is 5.73 Å². The second-order valence-corrected chi connectivity index (χ2v) is 4.10. The molecule has 0 rings (SSSR count). The van der Waals surface area contributed by atoms with Crippen molar-refractivity contribution in [1.82, 2.24) is 5.32 Å². The van der Waals surface area contributed by atoms with Gasteiger partial charge in [-0.05, 0) is 33.2 Å². The van der Waals surface area contributed by atoms with Gasteiger partial charge >= 0.3 is 11.9 Å². The Morgan fingerprint density at radius 2 is 1.84 bits per heavy atom. The molecule has 0 saturated heterocycles. The van der Waals surface area contributed by atoms with Crippen molar-refractivity contribution in [3.8, 4) is 0 Å². The van der Waals surface area contributed by atoms with Crippen LogP contribution in [0.4, 0.5) is 0 Å². The minimum Gasteiger partial charge on any atom is -0.466 e. The molecule has 0 amide bonds. The Bertz CT molecular complexity index is 259. The standard InChI is InChI=1S/C13H26N2O4/c1-3-18-12(16)8-10-15-11(7-5-6-9-14)13(17)19-4-2/h11,15H,3-10,14H2,1-2H3. The van der Waals surface area contributed by atoms with Crippen LogP contribution in [0.25, 0.3) is 0 Å². The first-order valence-corrected chi connectivity index (χ1v) is 6.91. The molecule has 19 heavy (non-hydrogen) atoms. The first kappa shape index (κ1) is 17.9. The van der Waals surface area contributed by atoms with E-state index in [4.69, 9.17) is 15.2 Å². The van der Waals surface area contributed by atoms with Crippen LogP contribution in [0.2, 0.25) is 0 Å². The number of esters is 2. The van der Waals surface area contributed by atoms with Gasteiger partial charge in [0.25, 0.3) is 0 Å². The summed E-state index contributed by atoms with van der Waals surface area (Å²) in [6.45, 7) is 5.28. The summed E-state index contributed by atoms with van der Waals surface area (Å²) in [5.41, 5.74) is 5.42. The highest BCUT2D eigenvalue weighted by Crippen LogP contribution is 2.03. The third kappa shape index (κ3) is 9.44. The van der Waals surface area contributed by atoms with E-state index in [1.807, 2.05) is 0 Å². The number of rotatable bonds is 11. The summed E-state index contributed by atoms with van der Waals surface area (Å²) >= 11 is 0. The van der Waals surface area contributed by atoms with E-state index >= 15 is 0 Å². The van der Waals surface area contributed by atoms with Crippen LogP contribution >= 0.6 is 0 Å². The number of nitrogens with two attached hydrogens (primary N) is 1. The minimum atomic E-state index is -0.374. The van der Waals surface area contributed by atoms with E-state index in [1.165, 1.54) is 0 Å². The van der Waals surface area contributed by atoms with E-state index in [2.05, 4.69) is 5.32 Å². The van der Waals surface area contributed by atoms with Crippen LogP contribution in [0, 0.1) is 0 Å². The summed E-state index contributed by atoms with van der Waals surface area (Å²) in [6, 6.07) is -0.374. The van der Waals surface area contributed by atoms with Crippen molar-refractivity contribution in [1.29, 1.82) is 0 Å². The fourth-order valence-electron chi connectivity index (χ4n) is 1.62. The quantitative estimate of drug-likeness (QED) is 0.423. The van der Waals surface area contributed by atoms with Crippen LogP contribution < -0.4 is 11.1 Å². The van der Waals surface area contributed by atoms with Gasteiger partial charge in [0.1, 0.15) is 6.04 Å². The number of carbonyl (C=O) groups excluding carboxylic acids is 2. The average Bonchev–Trinajstić information content (AvgIpc) is 2.37. The molecule has 0 aromatic rings. The van der Waals surface area contributed by atoms with E-state index in [-0.39, 0.29) is 24.4 Å². The van der Waals surface area contributed by atoms with Crippen LogP contribution in [0.5, 0.6) is 0 Å². The van der Waals surface area contributed by atoms with Crippen molar-refractivity contribution in [3.05, 3.63) is 0 Å². The van der Waals surface area contributed by atoms with Crippen LogP contribution in [-0.4, -0.2) is 44.3 Å². The molecule has 0 fully saturated rings. The molecule has 1 atom stereocenters. The Morgan fingerprint density at radius 3 is 2.42 bits per heavy atom. The molecule has 3 N–H and O–H groups in total. The fraction of sp³-hybridized carbons (Fsp3) is 0.846. The highest BCUT2D eigenvalue weighted by atomic mass is 16.5. The Labute approximate surface area is 115 Å². The van der Waals surface area contributed by atoms with Crippen molar-refractivity contribution < 1.29 is 19.1 Å². The van der Waals surface area contributed by atoms with Gasteiger partial charge in [-0.25, -0.2) is 0 Å². The van der Waals surface area contributed by atoms with E-state index in [9.17, 15) is 9.59 Å². The highest BCUT2D eigenvalue weighted by molar-refractivity contribution is 5.76. The summed E-state index contributed by atoms with van der Waals surface area (Å²) in [4.78, 5) is 22.9. The Hall–Kier alpha value is -1.14. The number of hydrogen-bond acceptors (Lipinski definition) is 6. The summed E-state index contributed by atoms with van der Waals surface area (Å²) in [5.74, 6) is -0.539. The molecule has 6 nitrogen and oxygen atoms in total. The van der Waals surface area contributed by atoms with Crippen molar-refractivity contribution in [3.63, 3.8) is 0 Å². The topological polar surface area (TPSA) is 90.6 Å². The van der Waals surface area contributed by atoms with Gasteiger partial charge in [-0.1, -0.05) is 6.42 Å². The van der Waals surface area contributed by atoms with Crippen LogP contribution in [0.1, 0.15) is 39.5 Å². The molecule has 6 heteroatoms. The van der Waals surface area contributed by atoms with E-state index in [0.29, 0.717) is 32.7 Å². The fourth-order valence-corrected chi connectivity index (χ4v) is 1.62. The Balaban J connectivity index is 4.03. The maximum atomic E-state index is 11.7. The molecule has 0 aliphatic carbocycles. The van der Waals surface area contributed by atoms with Crippen LogP contribution in [-0.2, 0) is 19.1 Å². The predicted octanol–water partition coefficient (Wildman–Crippen LogP) is 0.590. The van der Waals surface area contributed by atoms with Crippen molar-refractivity contribution in [2.75, 3.05) is 26.3 Å². The van der Waals surface area contributed by atoms with Gasteiger partial charge < -0.3 is 20.5 Å². The first-order valence-electron chi connectivity index (χ1n) is 6.91. The molecule has 0 aromatic heterocycles. The molecule has 112 valence electrons. The number of carbonyl (C=O) groups is 2. The van der Waals surface area contributed by atoms with Crippen LogP contribution in [0.15, 0.2) is 0 Å². The van der Waals surface area contributed by atoms with Gasteiger partial charge in [-0.2, -0.15) is 0 Å². The number of hydrogen-bond donors (Lipinski definition) is 2. The molecule has 0 bridgehead atoms. The molecule has 0 spiro atoms. The molecule has 0 radical (unpaired) electrons. The third-order valence-electron chi connectivity index (χ3n) is 2.54. The van der Waals surface area contributed by atoms with Gasteiger partial charge in [-0.3, -0.25) is 9.59 Å². The monoisotopic (exact) mass is 274 g/mol. The van der Waals surface area contributed by atoms with Gasteiger partial charge in [-0.15, -0.1) is 0 Å². The molecular weight excluding hydrogens is 248 g/mol. The number of unbranched alkanes of at least 4 members (excludes halogenated alkanes) is 1. The average molecular weight is 274 g/mol. The van der Waals surface area contributed by atoms with Gasteiger partial charge in [0, 0.05) is 6.54 Å². The smallest absolute Gasteiger partial charge is 0.323 e. The summed E-state index contributed by atoms with van der Waals surface area (Å²) in [7, 11) is 0. The lowest BCUT2D eigenvalue weighted by Gasteiger charge is -2.16. The zero-order valence-electron chi connectivity index (χ0n) is 11.9. The molecule has 0 saturated carbocycles. The predicted molar refractivity (Wildman–Crippen MR) is 72.6 cm³/mol. The van der Waals surface area contributed by atoms with Crippen molar-refractivity contribution in [2.45, 2.75) is 45.6 Å². The lowest BCUT2D eigenvalue weighted by molar-refractivity contribution is -0.147. The highest BCUT2D eigenvalue weighted by Gasteiger charge is 2.18. The third-order valence-corrected chi connectivity index (χ3v) is 2.54. The normalized spacial score (nSPS) is 11.9. The number of ether oxygens (including phenoxy) is 2. The lowest BCUT2D eigenvalue weighted by atomic mass is 10.1. The zero-order valence-corrected chi connectivity index (χ0v) is 11.9. The molecule has 0 heterocycles. The Kier molecular flexibility index (Phi) is 11.2. The zero-order chi connectivity index (χ0) is 14.5. The Morgan fingerprint density at radius 1 is 1.16 bits per heavy atom. The molecule has 0 aromatic carbocycles. The first-order chi connectivity index (χ1) is 9.15.